The monoisotopic (exact) mass is 314 g/mol. The highest BCUT2D eigenvalue weighted by molar-refractivity contribution is 5.46. The smallest absolute Gasteiger partial charge is 0.396 e. The Morgan fingerprint density at radius 2 is 1.95 bits per heavy atom. The van der Waals surface area contributed by atoms with Gasteiger partial charge in [-0.1, -0.05) is 6.07 Å². The van der Waals surface area contributed by atoms with Gasteiger partial charge < -0.3 is 19.9 Å². The van der Waals surface area contributed by atoms with Crippen LogP contribution >= 0.6 is 0 Å². The number of rotatable bonds is 5. The Balaban J connectivity index is 1.82. The van der Waals surface area contributed by atoms with Crippen LogP contribution in [-0.4, -0.2) is 49.1 Å². The maximum Gasteiger partial charge on any atom is 0.586 e. The van der Waals surface area contributed by atoms with Crippen LogP contribution in [0.2, 0.25) is 0 Å². The van der Waals surface area contributed by atoms with Crippen LogP contribution < -0.4 is 14.8 Å². The predicted molar refractivity (Wildman–Crippen MR) is 76.1 cm³/mol. The van der Waals surface area contributed by atoms with Gasteiger partial charge in [0.1, 0.15) is 0 Å². The number of benzene rings is 1. The molecule has 122 valence electrons. The number of aliphatic hydroxyl groups is 1. The van der Waals surface area contributed by atoms with Crippen LogP contribution in [0, 0.1) is 0 Å². The van der Waals surface area contributed by atoms with Crippen molar-refractivity contribution in [3.63, 3.8) is 0 Å². The summed E-state index contributed by atoms with van der Waals surface area (Å²) in [7, 11) is 0. The molecule has 1 atom stereocenters. The first-order valence-electron chi connectivity index (χ1n) is 7.54. The van der Waals surface area contributed by atoms with Gasteiger partial charge in [-0.05, 0) is 30.5 Å². The summed E-state index contributed by atoms with van der Waals surface area (Å²) in [6, 6.07) is 5.03. The Labute approximate surface area is 127 Å². The van der Waals surface area contributed by atoms with Crippen molar-refractivity contribution in [3.05, 3.63) is 23.8 Å². The number of halogens is 2. The van der Waals surface area contributed by atoms with Crippen molar-refractivity contribution in [2.75, 3.05) is 32.8 Å². The van der Waals surface area contributed by atoms with Gasteiger partial charge in [-0.15, -0.1) is 8.78 Å². The van der Waals surface area contributed by atoms with Gasteiger partial charge in [0.2, 0.25) is 0 Å². The lowest BCUT2D eigenvalue weighted by Gasteiger charge is -2.35. The molecule has 2 N–H and O–H groups in total. The minimum Gasteiger partial charge on any atom is -0.396 e. The molecule has 0 saturated carbocycles. The van der Waals surface area contributed by atoms with E-state index in [2.05, 4.69) is 19.7 Å². The molecule has 7 heteroatoms. The molecule has 0 aromatic heterocycles. The second-order valence-corrected chi connectivity index (χ2v) is 5.54. The Kier molecular flexibility index (Phi) is 4.46. The zero-order valence-corrected chi connectivity index (χ0v) is 12.2. The number of hydrogen-bond donors (Lipinski definition) is 2. The lowest BCUT2D eigenvalue weighted by Crippen LogP contribution is -2.45. The highest BCUT2D eigenvalue weighted by atomic mass is 19.3. The number of piperazine rings is 1. The maximum absolute atomic E-state index is 13.1. The third-order valence-corrected chi connectivity index (χ3v) is 4.04. The van der Waals surface area contributed by atoms with Crippen LogP contribution in [0.1, 0.15) is 24.4 Å². The molecule has 22 heavy (non-hydrogen) atoms. The number of alkyl halides is 2. The van der Waals surface area contributed by atoms with E-state index in [-0.39, 0.29) is 24.1 Å². The zero-order chi connectivity index (χ0) is 15.6. The molecule has 2 heterocycles. The van der Waals surface area contributed by atoms with Crippen LogP contribution in [0.4, 0.5) is 8.78 Å². The minimum absolute atomic E-state index is 0.0648. The van der Waals surface area contributed by atoms with E-state index in [0.29, 0.717) is 6.42 Å². The molecular formula is C15H20F2N2O3. The number of aliphatic hydroxyl groups excluding tert-OH is 1. The second-order valence-electron chi connectivity index (χ2n) is 5.54. The van der Waals surface area contributed by atoms with Crippen LogP contribution in [0.3, 0.4) is 0 Å². The average molecular weight is 314 g/mol. The van der Waals surface area contributed by atoms with Gasteiger partial charge in [0.15, 0.2) is 11.5 Å². The molecular weight excluding hydrogens is 294 g/mol. The van der Waals surface area contributed by atoms with Crippen molar-refractivity contribution >= 4 is 0 Å². The first kappa shape index (κ1) is 15.5. The molecule has 0 amide bonds. The fourth-order valence-corrected chi connectivity index (χ4v) is 3.01. The Morgan fingerprint density at radius 1 is 1.23 bits per heavy atom. The molecule has 1 aromatic rings. The Hall–Kier alpha value is -1.44. The first-order valence-corrected chi connectivity index (χ1v) is 7.54. The largest absolute Gasteiger partial charge is 0.586 e. The Bertz CT molecular complexity index is 522. The lowest BCUT2D eigenvalue weighted by molar-refractivity contribution is -0.286. The molecule has 1 saturated heterocycles. The number of fused-ring (bicyclic) bond motifs is 1. The van der Waals surface area contributed by atoms with Gasteiger partial charge in [-0.25, -0.2) is 0 Å². The maximum atomic E-state index is 13.1. The van der Waals surface area contributed by atoms with E-state index in [1.165, 1.54) is 6.07 Å². The highest BCUT2D eigenvalue weighted by Gasteiger charge is 2.43. The second kappa shape index (κ2) is 6.36. The molecule has 1 fully saturated rings. The van der Waals surface area contributed by atoms with Crippen LogP contribution in [0.25, 0.3) is 0 Å². The first-order chi connectivity index (χ1) is 10.6. The molecule has 0 spiro atoms. The van der Waals surface area contributed by atoms with Crippen LogP contribution in [-0.2, 0) is 0 Å². The molecule has 2 aliphatic rings. The summed E-state index contributed by atoms with van der Waals surface area (Å²) in [5, 5.41) is 12.4. The van der Waals surface area contributed by atoms with E-state index in [1.54, 1.807) is 12.1 Å². The summed E-state index contributed by atoms with van der Waals surface area (Å²) in [4.78, 5) is 2.31. The quantitative estimate of drug-likeness (QED) is 0.867. The summed E-state index contributed by atoms with van der Waals surface area (Å²) in [6.07, 6.45) is -2.15. The van der Waals surface area contributed by atoms with Gasteiger partial charge in [0.25, 0.3) is 0 Å². The van der Waals surface area contributed by atoms with E-state index in [9.17, 15) is 8.78 Å². The lowest BCUT2D eigenvalue weighted by atomic mass is 9.99. The molecule has 3 rings (SSSR count). The fraction of sp³-hybridized carbons (Fsp3) is 0.600. The third kappa shape index (κ3) is 3.31. The molecule has 0 aliphatic carbocycles. The van der Waals surface area contributed by atoms with Gasteiger partial charge >= 0.3 is 6.29 Å². The number of hydrogen-bond acceptors (Lipinski definition) is 5. The normalized spacial score (nSPS) is 21.8. The minimum atomic E-state index is -3.59. The molecule has 0 radical (unpaired) electrons. The topological polar surface area (TPSA) is 54.0 Å². The van der Waals surface area contributed by atoms with Crippen molar-refractivity contribution < 1.29 is 23.4 Å². The van der Waals surface area contributed by atoms with Crippen LogP contribution in [0.5, 0.6) is 11.5 Å². The van der Waals surface area contributed by atoms with Crippen molar-refractivity contribution in [2.24, 2.45) is 0 Å². The average Bonchev–Trinajstić information content (AvgIpc) is 2.82. The van der Waals surface area contributed by atoms with Gasteiger partial charge in [0.05, 0.1) is 0 Å². The third-order valence-electron chi connectivity index (χ3n) is 4.04. The van der Waals surface area contributed by atoms with E-state index < -0.39 is 6.29 Å². The molecule has 5 nitrogen and oxygen atoms in total. The van der Waals surface area contributed by atoms with Crippen molar-refractivity contribution in [1.29, 1.82) is 0 Å². The summed E-state index contributed by atoms with van der Waals surface area (Å²) >= 11 is 0. The number of ether oxygens (including phenoxy) is 2. The Morgan fingerprint density at radius 3 is 2.68 bits per heavy atom. The highest BCUT2D eigenvalue weighted by Crippen LogP contribution is 2.43. The fourth-order valence-electron chi connectivity index (χ4n) is 3.01. The van der Waals surface area contributed by atoms with Crippen LogP contribution in [0.15, 0.2) is 18.2 Å². The van der Waals surface area contributed by atoms with E-state index in [1.807, 2.05) is 0 Å². The SMILES string of the molecule is OCCC[C@@H](c1ccc2c(c1)OC(F)(F)O2)N1CCNCC1. The number of nitrogens with zero attached hydrogens (tertiary/aromatic N) is 1. The van der Waals surface area contributed by atoms with Gasteiger partial charge in [-0.3, -0.25) is 4.90 Å². The predicted octanol–water partition coefficient (Wildman–Crippen LogP) is 1.73. The molecule has 0 unspecified atom stereocenters. The summed E-state index contributed by atoms with van der Waals surface area (Å²) in [5.41, 5.74) is 0.912. The van der Waals surface area contributed by atoms with E-state index in [0.717, 1.165) is 38.2 Å². The summed E-state index contributed by atoms with van der Waals surface area (Å²) < 4.78 is 35.2. The zero-order valence-electron chi connectivity index (χ0n) is 12.2. The van der Waals surface area contributed by atoms with E-state index in [4.69, 9.17) is 5.11 Å². The number of nitrogens with one attached hydrogen (secondary N) is 1. The van der Waals surface area contributed by atoms with Crippen molar-refractivity contribution in [1.82, 2.24) is 10.2 Å². The summed E-state index contributed by atoms with van der Waals surface area (Å²) in [5.74, 6) is 0.140. The van der Waals surface area contributed by atoms with Gasteiger partial charge in [-0.2, -0.15) is 0 Å². The van der Waals surface area contributed by atoms with Crippen molar-refractivity contribution in [3.8, 4) is 11.5 Å². The molecule has 1 aromatic carbocycles. The molecule has 2 aliphatic heterocycles. The standard InChI is InChI=1S/C15H20F2N2O3/c16-15(17)21-13-4-3-11(10-14(13)22-15)12(2-1-9-20)19-7-5-18-6-8-19/h3-4,10,12,18,20H,1-2,5-9H2/t12-/m0/s1. The van der Waals surface area contributed by atoms with E-state index >= 15 is 0 Å². The van der Waals surface area contributed by atoms with Gasteiger partial charge in [0, 0.05) is 38.8 Å². The molecule has 0 bridgehead atoms. The van der Waals surface area contributed by atoms with Crippen molar-refractivity contribution in [2.45, 2.75) is 25.2 Å². The summed E-state index contributed by atoms with van der Waals surface area (Å²) in [6.45, 7) is 3.70.